The summed E-state index contributed by atoms with van der Waals surface area (Å²) in [7, 11) is -3.43. The topological polar surface area (TPSA) is 115 Å². The van der Waals surface area contributed by atoms with Gasteiger partial charge in [0.25, 0.3) is 5.91 Å². The van der Waals surface area contributed by atoms with Crippen molar-refractivity contribution in [1.82, 2.24) is 10.5 Å². The summed E-state index contributed by atoms with van der Waals surface area (Å²) in [6.45, 7) is 1.92. The molecule has 1 heterocycles. The molecule has 2 aromatic rings. The summed E-state index contributed by atoms with van der Waals surface area (Å²) < 4.78 is 28.0. The van der Waals surface area contributed by atoms with Crippen LogP contribution in [0.4, 0.5) is 5.69 Å². The Morgan fingerprint density at radius 2 is 2.05 bits per heavy atom. The molecule has 0 saturated carbocycles. The van der Waals surface area contributed by atoms with Gasteiger partial charge in [0.15, 0.2) is 15.6 Å². The van der Waals surface area contributed by atoms with Crippen molar-refractivity contribution in [3.63, 3.8) is 0 Å². The lowest BCUT2D eigenvalue weighted by molar-refractivity contribution is 0.0947. The van der Waals surface area contributed by atoms with Crippen LogP contribution in [0.2, 0.25) is 0 Å². The number of carbonyl (C=O) groups is 1. The molecule has 2 rings (SSSR count). The van der Waals surface area contributed by atoms with E-state index in [2.05, 4.69) is 10.5 Å². The van der Waals surface area contributed by atoms with Gasteiger partial charge in [-0.25, -0.2) is 8.42 Å². The maximum absolute atomic E-state index is 12.0. The fraction of sp³-hybridized carbons (Fsp3) is 0.231. The molecule has 0 aliphatic heterocycles. The Labute approximate surface area is 122 Å². The first kappa shape index (κ1) is 15.0. The van der Waals surface area contributed by atoms with E-state index in [9.17, 15) is 13.2 Å². The molecule has 112 valence electrons. The van der Waals surface area contributed by atoms with Crippen LogP contribution in [0.25, 0.3) is 0 Å². The van der Waals surface area contributed by atoms with Crippen molar-refractivity contribution in [1.29, 1.82) is 0 Å². The van der Waals surface area contributed by atoms with Crippen molar-refractivity contribution in [2.45, 2.75) is 18.4 Å². The first-order valence-electron chi connectivity index (χ1n) is 6.07. The average molecular weight is 309 g/mol. The van der Waals surface area contributed by atoms with Gasteiger partial charge in [0.05, 0.1) is 17.1 Å². The Kier molecular flexibility index (Phi) is 3.99. The molecule has 0 spiro atoms. The number of hydrogen-bond acceptors (Lipinski definition) is 6. The van der Waals surface area contributed by atoms with Crippen molar-refractivity contribution in [2.24, 2.45) is 0 Å². The second-order valence-corrected chi connectivity index (χ2v) is 6.70. The van der Waals surface area contributed by atoms with Crippen molar-refractivity contribution in [3.05, 3.63) is 41.3 Å². The van der Waals surface area contributed by atoms with E-state index in [1.165, 1.54) is 18.2 Å². The maximum atomic E-state index is 12.0. The summed E-state index contributed by atoms with van der Waals surface area (Å²) in [5.41, 5.74) is 6.72. The Morgan fingerprint density at radius 1 is 1.33 bits per heavy atom. The number of aryl methyl sites for hydroxylation is 1. The van der Waals surface area contributed by atoms with Gasteiger partial charge in [-0.05, 0) is 25.1 Å². The number of nitrogen functional groups attached to an aromatic ring is 1. The summed E-state index contributed by atoms with van der Waals surface area (Å²) in [6, 6.07) is 5.70. The van der Waals surface area contributed by atoms with Gasteiger partial charge in [0.2, 0.25) is 0 Å². The van der Waals surface area contributed by atoms with Gasteiger partial charge in [0.1, 0.15) is 0 Å². The highest BCUT2D eigenvalue weighted by molar-refractivity contribution is 7.90. The van der Waals surface area contributed by atoms with Crippen LogP contribution < -0.4 is 11.1 Å². The zero-order valence-electron chi connectivity index (χ0n) is 11.6. The summed E-state index contributed by atoms with van der Waals surface area (Å²) in [5, 5.41) is 6.31. The number of nitrogens with two attached hydrogens (primary N) is 1. The number of nitrogens with zero attached hydrogens (tertiary/aromatic N) is 1. The van der Waals surface area contributed by atoms with Gasteiger partial charge in [-0.15, -0.1) is 0 Å². The molecule has 0 fully saturated rings. The van der Waals surface area contributed by atoms with E-state index in [4.69, 9.17) is 10.3 Å². The predicted octanol–water partition coefficient (Wildman–Crippen LogP) is 0.899. The Hall–Kier alpha value is -2.35. The fourth-order valence-corrected chi connectivity index (χ4v) is 2.43. The number of anilines is 1. The Morgan fingerprint density at radius 3 is 2.62 bits per heavy atom. The summed E-state index contributed by atoms with van der Waals surface area (Å²) >= 11 is 0. The summed E-state index contributed by atoms with van der Waals surface area (Å²) in [6.07, 6.45) is 1.06. The molecular formula is C13H15N3O4S. The van der Waals surface area contributed by atoms with E-state index in [1.54, 1.807) is 13.0 Å². The molecule has 0 aliphatic rings. The second-order valence-electron chi connectivity index (χ2n) is 4.68. The van der Waals surface area contributed by atoms with Crippen molar-refractivity contribution in [3.8, 4) is 0 Å². The van der Waals surface area contributed by atoms with Crippen LogP contribution in [-0.2, 0) is 16.4 Å². The van der Waals surface area contributed by atoms with E-state index in [1.807, 2.05) is 0 Å². The van der Waals surface area contributed by atoms with Gasteiger partial charge in [-0.1, -0.05) is 5.16 Å². The molecule has 0 radical (unpaired) electrons. The fourth-order valence-electron chi connectivity index (χ4n) is 1.74. The van der Waals surface area contributed by atoms with Crippen LogP contribution in [0.1, 0.15) is 21.8 Å². The van der Waals surface area contributed by atoms with E-state index in [0.717, 1.165) is 6.26 Å². The summed E-state index contributed by atoms with van der Waals surface area (Å²) in [4.78, 5) is 12.0. The highest BCUT2D eigenvalue weighted by Crippen LogP contribution is 2.17. The number of hydrogen-bond donors (Lipinski definition) is 2. The molecule has 21 heavy (non-hydrogen) atoms. The second kappa shape index (κ2) is 5.57. The molecule has 7 nitrogen and oxygen atoms in total. The van der Waals surface area contributed by atoms with Crippen molar-refractivity contribution in [2.75, 3.05) is 12.0 Å². The normalized spacial score (nSPS) is 11.3. The highest BCUT2D eigenvalue weighted by Gasteiger charge is 2.14. The van der Waals surface area contributed by atoms with Gasteiger partial charge < -0.3 is 15.6 Å². The first-order valence-corrected chi connectivity index (χ1v) is 7.96. The molecule has 0 aliphatic carbocycles. The number of amides is 1. The van der Waals surface area contributed by atoms with Crippen LogP contribution in [0.5, 0.6) is 0 Å². The number of carbonyl (C=O) groups excluding carboxylic acids is 1. The number of aromatic nitrogens is 1. The minimum absolute atomic E-state index is 0.00293. The molecule has 8 heteroatoms. The zero-order chi connectivity index (χ0) is 15.6. The molecule has 1 aromatic carbocycles. The average Bonchev–Trinajstić information content (AvgIpc) is 2.80. The van der Waals surface area contributed by atoms with Crippen LogP contribution in [0.3, 0.4) is 0 Å². The molecule has 0 unspecified atom stereocenters. The van der Waals surface area contributed by atoms with Crippen LogP contribution in [0.15, 0.2) is 33.7 Å². The van der Waals surface area contributed by atoms with Crippen LogP contribution in [-0.4, -0.2) is 25.7 Å². The molecular weight excluding hydrogens is 294 g/mol. The van der Waals surface area contributed by atoms with Gasteiger partial charge in [-0.3, -0.25) is 4.79 Å². The van der Waals surface area contributed by atoms with E-state index in [-0.39, 0.29) is 22.7 Å². The minimum Gasteiger partial charge on any atom is -0.399 e. The molecule has 1 amide bonds. The van der Waals surface area contributed by atoms with Gasteiger partial charge >= 0.3 is 0 Å². The SMILES string of the molecule is Cc1cc(CNC(=O)c2cc(N)cc(S(C)(=O)=O)c2)on1. The molecule has 0 atom stereocenters. The quantitative estimate of drug-likeness (QED) is 0.811. The maximum Gasteiger partial charge on any atom is 0.251 e. The third-order valence-electron chi connectivity index (χ3n) is 2.72. The van der Waals surface area contributed by atoms with Crippen LogP contribution >= 0.6 is 0 Å². The molecule has 0 bridgehead atoms. The van der Waals surface area contributed by atoms with Crippen LogP contribution in [0, 0.1) is 6.92 Å². The van der Waals surface area contributed by atoms with E-state index >= 15 is 0 Å². The largest absolute Gasteiger partial charge is 0.399 e. The third kappa shape index (κ3) is 3.82. The van der Waals surface area contributed by atoms with Gasteiger partial charge in [0, 0.05) is 23.6 Å². The molecule has 0 saturated heterocycles. The number of rotatable bonds is 4. The zero-order valence-corrected chi connectivity index (χ0v) is 12.4. The molecule has 1 aromatic heterocycles. The number of benzene rings is 1. The summed E-state index contributed by atoms with van der Waals surface area (Å²) in [5.74, 6) is 0.0642. The number of nitrogens with one attached hydrogen (secondary N) is 1. The minimum atomic E-state index is -3.43. The lowest BCUT2D eigenvalue weighted by Gasteiger charge is -2.06. The molecule has 3 N–H and O–H groups in total. The number of sulfone groups is 1. The van der Waals surface area contributed by atoms with Crippen molar-refractivity contribution >= 4 is 21.4 Å². The van der Waals surface area contributed by atoms with Crippen molar-refractivity contribution < 1.29 is 17.7 Å². The van der Waals surface area contributed by atoms with Gasteiger partial charge in [-0.2, -0.15) is 0 Å². The Balaban J connectivity index is 2.17. The van der Waals surface area contributed by atoms with E-state index < -0.39 is 15.7 Å². The lowest BCUT2D eigenvalue weighted by Crippen LogP contribution is -2.23. The highest BCUT2D eigenvalue weighted by atomic mass is 32.2. The first-order chi connectivity index (χ1) is 9.75. The Bertz CT molecular complexity index is 780. The smallest absolute Gasteiger partial charge is 0.251 e. The predicted molar refractivity (Wildman–Crippen MR) is 76.4 cm³/mol. The monoisotopic (exact) mass is 309 g/mol. The third-order valence-corrected chi connectivity index (χ3v) is 3.81. The standard InChI is InChI=1S/C13H15N3O4S/c1-8-3-11(20-16-8)7-15-13(17)9-4-10(14)6-12(5-9)21(2,18)19/h3-6H,7,14H2,1-2H3,(H,15,17). The lowest BCUT2D eigenvalue weighted by atomic mass is 10.2. The van der Waals surface area contributed by atoms with E-state index in [0.29, 0.717) is 11.5 Å².